The second-order valence-corrected chi connectivity index (χ2v) is 6.81. The van der Waals surface area contributed by atoms with Gasteiger partial charge in [0, 0.05) is 43.8 Å². The van der Waals surface area contributed by atoms with E-state index in [1.807, 2.05) is 27.1 Å². The van der Waals surface area contributed by atoms with Crippen LogP contribution in [0, 0.1) is 13.8 Å². The summed E-state index contributed by atoms with van der Waals surface area (Å²) in [6.07, 6.45) is 0. The Morgan fingerprint density at radius 2 is 1.63 bits per heavy atom. The second-order valence-electron chi connectivity index (χ2n) is 6.81. The number of hydrogen-bond acceptors (Lipinski definition) is 5. The zero-order chi connectivity index (χ0) is 19.4. The van der Waals surface area contributed by atoms with E-state index in [4.69, 9.17) is 0 Å². The number of aromatic nitrogens is 2. The number of nitrogens with zero attached hydrogens (tertiary/aromatic N) is 4. The third-order valence-electron chi connectivity index (χ3n) is 4.39. The first-order valence-corrected chi connectivity index (χ1v) is 9.20. The maximum absolute atomic E-state index is 4.66. The minimum absolute atomic E-state index is 0.742. The van der Waals surface area contributed by atoms with E-state index in [0.29, 0.717) is 0 Å². The highest BCUT2D eigenvalue weighted by atomic mass is 15.2. The van der Waals surface area contributed by atoms with Gasteiger partial charge in [-0.1, -0.05) is 12.1 Å². The summed E-state index contributed by atoms with van der Waals surface area (Å²) >= 11 is 0. The normalized spacial score (nSPS) is 10.6. The van der Waals surface area contributed by atoms with Crippen LogP contribution in [0.3, 0.4) is 0 Å². The van der Waals surface area contributed by atoms with Crippen LogP contribution in [0.25, 0.3) is 0 Å². The van der Waals surface area contributed by atoms with Crippen LogP contribution in [0.2, 0.25) is 0 Å². The number of anilines is 5. The van der Waals surface area contributed by atoms with Crippen LogP contribution in [-0.4, -0.2) is 30.6 Å². The topological polar surface area (TPSA) is 44.3 Å². The third-order valence-corrected chi connectivity index (χ3v) is 4.39. The monoisotopic (exact) mass is 361 g/mol. The fourth-order valence-corrected chi connectivity index (χ4v) is 3.02. The largest absolute Gasteiger partial charge is 0.378 e. The fraction of sp³-hybridized carbons (Fsp3) is 0.273. The summed E-state index contributed by atoms with van der Waals surface area (Å²) in [4.78, 5) is 13.5. The molecule has 0 fully saturated rings. The standard InChI is InChI=1S/C22H27N5/c1-6-27(20-9-7-8-16(2)14-20)22-15-21(23-17(3)24-22)25-18-10-12-19(13-11-18)26(4)5/h7-15H,6H2,1-5H3,(H,23,24,25). The van der Waals surface area contributed by atoms with E-state index in [0.717, 1.165) is 41.1 Å². The third kappa shape index (κ3) is 4.56. The predicted octanol–water partition coefficient (Wildman–Crippen LogP) is 5.06. The van der Waals surface area contributed by atoms with E-state index in [1.165, 1.54) is 5.56 Å². The number of nitrogens with one attached hydrogen (secondary N) is 1. The Morgan fingerprint density at radius 3 is 2.26 bits per heavy atom. The molecule has 5 nitrogen and oxygen atoms in total. The first-order chi connectivity index (χ1) is 13.0. The van der Waals surface area contributed by atoms with Crippen LogP contribution in [0.15, 0.2) is 54.6 Å². The van der Waals surface area contributed by atoms with Crippen LogP contribution >= 0.6 is 0 Å². The molecule has 1 heterocycles. The van der Waals surface area contributed by atoms with Crippen molar-refractivity contribution in [2.24, 2.45) is 0 Å². The fourth-order valence-electron chi connectivity index (χ4n) is 3.02. The molecular formula is C22H27N5. The first-order valence-electron chi connectivity index (χ1n) is 9.20. The van der Waals surface area contributed by atoms with Crippen LogP contribution in [0.4, 0.5) is 28.7 Å². The van der Waals surface area contributed by atoms with Gasteiger partial charge in [-0.05, 0) is 62.7 Å². The van der Waals surface area contributed by atoms with Crippen LogP contribution in [-0.2, 0) is 0 Å². The number of rotatable bonds is 6. The lowest BCUT2D eigenvalue weighted by molar-refractivity contribution is 0.952. The molecule has 0 radical (unpaired) electrons. The molecule has 0 bridgehead atoms. The molecular weight excluding hydrogens is 334 g/mol. The molecule has 0 saturated carbocycles. The van der Waals surface area contributed by atoms with Crippen molar-refractivity contribution in [3.8, 4) is 0 Å². The summed E-state index contributed by atoms with van der Waals surface area (Å²) in [7, 11) is 4.07. The van der Waals surface area contributed by atoms with Gasteiger partial charge in [0.2, 0.25) is 0 Å². The summed E-state index contributed by atoms with van der Waals surface area (Å²) in [5.74, 6) is 2.43. The van der Waals surface area contributed by atoms with Gasteiger partial charge in [0.1, 0.15) is 17.5 Å². The molecule has 3 aromatic rings. The quantitative estimate of drug-likeness (QED) is 0.665. The van der Waals surface area contributed by atoms with Crippen molar-refractivity contribution in [1.29, 1.82) is 0 Å². The van der Waals surface area contributed by atoms with Crippen molar-refractivity contribution in [2.45, 2.75) is 20.8 Å². The van der Waals surface area contributed by atoms with Crippen molar-refractivity contribution in [3.05, 3.63) is 66.0 Å². The predicted molar refractivity (Wildman–Crippen MR) is 115 cm³/mol. The van der Waals surface area contributed by atoms with E-state index >= 15 is 0 Å². The highest BCUT2D eigenvalue weighted by Crippen LogP contribution is 2.27. The molecule has 0 aliphatic rings. The average molecular weight is 361 g/mol. The zero-order valence-electron chi connectivity index (χ0n) is 16.7. The summed E-state index contributed by atoms with van der Waals surface area (Å²) in [5, 5.41) is 3.40. The molecule has 0 amide bonds. The Morgan fingerprint density at radius 1 is 0.889 bits per heavy atom. The van der Waals surface area contributed by atoms with E-state index < -0.39 is 0 Å². The second kappa shape index (κ2) is 8.08. The summed E-state index contributed by atoms with van der Waals surface area (Å²) < 4.78 is 0. The van der Waals surface area contributed by atoms with Crippen molar-refractivity contribution in [3.63, 3.8) is 0 Å². The van der Waals surface area contributed by atoms with E-state index in [-0.39, 0.29) is 0 Å². The minimum atomic E-state index is 0.742. The summed E-state index contributed by atoms with van der Waals surface area (Å²) in [6, 6.07) is 18.8. The average Bonchev–Trinajstić information content (AvgIpc) is 2.62. The first kappa shape index (κ1) is 18.7. The number of aryl methyl sites for hydroxylation is 2. The summed E-state index contributed by atoms with van der Waals surface area (Å²) in [6.45, 7) is 6.99. The molecule has 0 unspecified atom stereocenters. The molecule has 3 rings (SSSR count). The van der Waals surface area contributed by atoms with Gasteiger partial charge in [-0.15, -0.1) is 0 Å². The molecule has 0 aliphatic heterocycles. The Hall–Kier alpha value is -3.08. The lowest BCUT2D eigenvalue weighted by atomic mass is 10.2. The lowest BCUT2D eigenvalue weighted by Crippen LogP contribution is -2.18. The maximum Gasteiger partial charge on any atom is 0.138 e. The lowest BCUT2D eigenvalue weighted by Gasteiger charge is -2.23. The molecule has 27 heavy (non-hydrogen) atoms. The van der Waals surface area contributed by atoms with Crippen molar-refractivity contribution >= 4 is 28.7 Å². The number of benzene rings is 2. The minimum Gasteiger partial charge on any atom is -0.378 e. The molecule has 0 atom stereocenters. The Kier molecular flexibility index (Phi) is 5.60. The smallest absolute Gasteiger partial charge is 0.138 e. The van der Waals surface area contributed by atoms with Gasteiger partial charge in [-0.25, -0.2) is 9.97 Å². The van der Waals surface area contributed by atoms with Gasteiger partial charge < -0.3 is 15.1 Å². The Bertz CT molecular complexity index is 903. The molecule has 1 aromatic heterocycles. The van der Waals surface area contributed by atoms with Crippen LogP contribution < -0.4 is 15.1 Å². The SMILES string of the molecule is CCN(c1cccc(C)c1)c1cc(Nc2ccc(N(C)C)cc2)nc(C)n1. The zero-order valence-corrected chi connectivity index (χ0v) is 16.7. The van der Waals surface area contributed by atoms with Crippen LogP contribution in [0.5, 0.6) is 0 Å². The van der Waals surface area contributed by atoms with Gasteiger partial charge in [0.05, 0.1) is 0 Å². The van der Waals surface area contributed by atoms with Crippen molar-refractivity contribution in [2.75, 3.05) is 35.8 Å². The molecule has 0 saturated heterocycles. The van der Waals surface area contributed by atoms with Gasteiger partial charge in [-0.3, -0.25) is 0 Å². The van der Waals surface area contributed by atoms with Gasteiger partial charge in [0.15, 0.2) is 0 Å². The van der Waals surface area contributed by atoms with Gasteiger partial charge >= 0.3 is 0 Å². The van der Waals surface area contributed by atoms with Crippen molar-refractivity contribution in [1.82, 2.24) is 9.97 Å². The highest BCUT2D eigenvalue weighted by Gasteiger charge is 2.12. The highest BCUT2D eigenvalue weighted by molar-refractivity contribution is 5.66. The van der Waals surface area contributed by atoms with Gasteiger partial charge in [0.25, 0.3) is 0 Å². The molecule has 5 heteroatoms. The molecule has 0 aliphatic carbocycles. The molecule has 1 N–H and O–H groups in total. The molecule has 0 spiro atoms. The van der Waals surface area contributed by atoms with Crippen molar-refractivity contribution < 1.29 is 0 Å². The number of hydrogen-bond donors (Lipinski definition) is 1. The van der Waals surface area contributed by atoms with Gasteiger partial charge in [-0.2, -0.15) is 0 Å². The Labute approximate surface area is 161 Å². The summed E-state index contributed by atoms with van der Waals surface area (Å²) in [5.41, 5.74) is 4.54. The molecule has 140 valence electrons. The van der Waals surface area contributed by atoms with Crippen LogP contribution in [0.1, 0.15) is 18.3 Å². The van der Waals surface area contributed by atoms with E-state index in [1.54, 1.807) is 0 Å². The Balaban J connectivity index is 1.89. The van der Waals surface area contributed by atoms with E-state index in [9.17, 15) is 0 Å². The van der Waals surface area contributed by atoms with E-state index in [2.05, 4.69) is 87.5 Å². The maximum atomic E-state index is 4.66. The molecule has 2 aromatic carbocycles.